The summed E-state index contributed by atoms with van der Waals surface area (Å²) in [5.74, 6) is 1.97. The second-order valence-electron chi connectivity index (χ2n) is 5.87. The number of hydrogen-bond donors (Lipinski definition) is 1. The van der Waals surface area contributed by atoms with Crippen LogP contribution in [0.25, 0.3) is 0 Å². The van der Waals surface area contributed by atoms with E-state index < -0.39 is 0 Å². The van der Waals surface area contributed by atoms with Gasteiger partial charge in [-0.3, -0.25) is 0 Å². The van der Waals surface area contributed by atoms with E-state index in [0.717, 1.165) is 30.4 Å². The minimum atomic E-state index is 0.480. The first-order valence-corrected chi connectivity index (χ1v) is 7.40. The summed E-state index contributed by atoms with van der Waals surface area (Å²) in [4.78, 5) is 6.80. The van der Waals surface area contributed by atoms with E-state index in [1.165, 1.54) is 11.1 Å². The van der Waals surface area contributed by atoms with Crippen molar-refractivity contribution in [1.82, 2.24) is 10.3 Å². The Labute approximate surface area is 127 Å². The average molecular weight is 287 g/mol. The number of anilines is 1. The van der Waals surface area contributed by atoms with Crippen LogP contribution in [0.1, 0.15) is 36.4 Å². The summed E-state index contributed by atoms with van der Waals surface area (Å²) >= 11 is 0. The van der Waals surface area contributed by atoms with Gasteiger partial charge in [0.15, 0.2) is 0 Å². The number of hydrogen-bond acceptors (Lipinski definition) is 4. The summed E-state index contributed by atoms with van der Waals surface area (Å²) < 4.78 is 5.36. The van der Waals surface area contributed by atoms with Crippen LogP contribution in [0.2, 0.25) is 0 Å². The van der Waals surface area contributed by atoms with Gasteiger partial charge in [0, 0.05) is 37.4 Å². The molecule has 0 fully saturated rings. The SMILES string of the molecule is Cc1cc(CNC(C)C)cc(N(C)Cc2ccoc2C)n1. The van der Waals surface area contributed by atoms with Gasteiger partial charge >= 0.3 is 0 Å². The number of pyridine rings is 1. The molecule has 4 heteroatoms. The predicted molar refractivity (Wildman–Crippen MR) is 86.5 cm³/mol. The lowest BCUT2D eigenvalue weighted by molar-refractivity contribution is 0.529. The van der Waals surface area contributed by atoms with Crippen molar-refractivity contribution in [1.29, 1.82) is 0 Å². The van der Waals surface area contributed by atoms with Gasteiger partial charge in [0.05, 0.1) is 6.26 Å². The largest absolute Gasteiger partial charge is 0.469 e. The number of nitrogens with one attached hydrogen (secondary N) is 1. The Balaban J connectivity index is 2.13. The molecule has 0 atom stereocenters. The van der Waals surface area contributed by atoms with Crippen molar-refractivity contribution >= 4 is 5.82 Å². The normalized spacial score (nSPS) is 11.1. The zero-order valence-electron chi connectivity index (χ0n) is 13.6. The van der Waals surface area contributed by atoms with E-state index in [1.807, 2.05) is 19.9 Å². The fourth-order valence-corrected chi connectivity index (χ4v) is 2.25. The molecule has 0 aliphatic carbocycles. The molecule has 0 bridgehead atoms. The lowest BCUT2D eigenvalue weighted by atomic mass is 10.2. The molecule has 0 unspecified atom stereocenters. The van der Waals surface area contributed by atoms with Crippen LogP contribution in [0.4, 0.5) is 5.82 Å². The van der Waals surface area contributed by atoms with Crippen molar-refractivity contribution < 1.29 is 4.42 Å². The molecule has 0 amide bonds. The van der Waals surface area contributed by atoms with Crippen molar-refractivity contribution in [2.75, 3.05) is 11.9 Å². The fraction of sp³-hybridized carbons (Fsp3) is 0.471. The standard InChI is InChI=1S/C17H25N3O/c1-12(2)18-10-15-8-13(3)19-17(9-15)20(5)11-16-6-7-21-14(16)4/h6-9,12,18H,10-11H2,1-5H3. The van der Waals surface area contributed by atoms with Crippen molar-refractivity contribution in [2.24, 2.45) is 0 Å². The number of rotatable bonds is 6. The van der Waals surface area contributed by atoms with E-state index >= 15 is 0 Å². The first-order valence-electron chi connectivity index (χ1n) is 7.40. The third-order valence-electron chi connectivity index (χ3n) is 3.48. The Kier molecular flexibility index (Phi) is 5.02. The fourth-order valence-electron chi connectivity index (χ4n) is 2.25. The second-order valence-corrected chi connectivity index (χ2v) is 5.87. The van der Waals surface area contributed by atoms with Gasteiger partial charge in [0.25, 0.3) is 0 Å². The minimum Gasteiger partial charge on any atom is -0.469 e. The van der Waals surface area contributed by atoms with Crippen LogP contribution in [-0.4, -0.2) is 18.1 Å². The molecule has 0 aliphatic heterocycles. The quantitative estimate of drug-likeness (QED) is 0.884. The first kappa shape index (κ1) is 15.6. The lowest BCUT2D eigenvalue weighted by Crippen LogP contribution is -2.23. The van der Waals surface area contributed by atoms with Crippen molar-refractivity contribution in [3.05, 3.63) is 47.0 Å². The highest BCUT2D eigenvalue weighted by atomic mass is 16.3. The van der Waals surface area contributed by atoms with Gasteiger partial charge in [-0.25, -0.2) is 4.98 Å². The summed E-state index contributed by atoms with van der Waals surface area (Å²) in [6.07, 6.45) is 1.74. The van der Waals surface area contributed by atoms with Gasteiger partial charge in [-0.05, 0) is 37.6 Å². The van der Waals surface area contributed by atoms with Crippen LogP contribution in [0.15, 0.2) is 28.9 Å². The third kappa shape index (κ3) is 4.33. The number of nitrogens with zero attached hydrogens (tertiary/aromatic N) is 2. The average Bonchev–Trinajstić information content (AvgIpc) is 2.81. The topological polar surface area (TPSA) is 41.3 Å². The first-order chi connectivity index (χ1) is 9.95. The number of aromatic nitrogens is 1. The Morgan fingerprint density at radius 2 is 2.05 bits per heavy atom. The smallest absolute Gasteiger partial charge is 0.129 e. The summed E-state index contributed by atoms with van der Waals surface area (Å²) in [5, 5.41) is 3.45. The molecule has 4 nitrogen and oxygen atoms in total. The predicted octanol–water partition coefficient (Wildman–Crippen LogP) is 3.43. The van der Waals surface area contributed by atoms with Crippen molar-refractivity contribution in [2.45, 2.75) is 46.8 Å². The van der Waals surface area contributed by atoms with Gasteiger partial charge in [0.2, 0.25) is 0 Å². The van der Waals surface area contributed by atoms with E-state index in [0.29, 0.717) is 6.04 Å². The van der Waals surface area contributed by atoms with E-state index in [-0.39, 0.29) is 0 Å². The van der Waals surface area contributed by atoms with E-state index in [9.17, 15) is 0 Å². The number of aryl methyl sites for hydroxylation is 2. The van der Waals surface area contributed by atoms with Crippen LogP contribution < -0.4 is 10.2 Å². The second kappa shape index (κ2) is 6.76. The molecule has 0 radical (unpaired) electrons. The zero-order chi connectivity index (χ0) is 15.4. The Morgan fingerprint density at radius 3 is 2.67 bits per heavy atom. The molecular weight excluding hydrogens is 262 g/mol. The van der Waals surface area contributed by atoms with Crippen molar-refractivity contribution in [3.8, 4) is 0 Å². The summed E-state index contributed by atoms with van der Waals surface area (Å²) in [5.41, 5.74) is 3.51. The minimum absolute atomic E-state index is 0.480. The van der Waals surface area contributed by atoms with E-state index in [2.05, 4.69) is 48.2 Å². The highest BCUT2D eigenvalue weighted by molar-refractivity contribution is 5.43. The summed E-state index contributed by atoms with van der Waals surface area (Å²) in [7, 11) is 2.06. The highest BCUT2D eigenvalue weighted by Crippen LogP contribution is 2.18. The molecule has 1 N–H and O–H groups in total. The zero-order valence-corrected chi connectivity index (χ0v) is 13.6. The monoisotopic (exact) mass is 287 g/mol. The van der Waals surface area contributed by atoms with Gasteiger partial charge in [-0.15, -0.1) is 0 Å². The maximum absolute atomic E-state index is 5.36. The van der Waals surface area contributed by atoms with Gasteiger partial charge in [-0.2, -0.15) is 0 Å². The molecule has 2 aromatic heterocycles. The Hall–Kier alpha value is -1.81. The van der Waals surface area contributed by atoms with Crippen LogP contribution in [0, 0.1) is 13.8 Å². The molecular formula is C17H25N3O. The summed E-state index contributed by atoms with van der Waals surface area (Å²) in [6.45, 7) is 10.0. The molecule has 2 rings (SSSR count). The molecule has 114 valence electrons. The Morgan fingerprint density at radius 1 is 1.29 bits per heavy atom. The highest BCUT2D eigenvalue weighted by Gasteiger charge is 2.09. The molecule has 0 saturated heterocycles. The van der Waals surface area contributed by atoms with Crippen LogP contribution in [0.3, 0.4) is 0 Å². The molecule has 2 heterocycles. The maximum Gasteiger partial charge on any atom is 0.129 e. The molecule has 21 heavy (non-hydrogen) atoms. The van der Waals surface area contributed by atoms with Crippen LogP contribution >= 0.6 is 0 Å². The summed E-state index contributed by atoms with van der Waals surface area (Å²) in [6, 6.07) is 6.78. The van der Waals surface area contributed by atoms with Gasteiger partial charge < -0.3 is 14.6 Å². The van der Waals surface area contributed by atoms with E-state index in [4.69, 9.17) is 4.42 Å². The van der Waals surface area contributed by atoms with E-state index in [1.54, 1.807) is 6.26 Å². The van der Waals surface area contributed by atoms with Crippen LogP contribution in [-0.2, 0) is 13.1 Å². The molecule has 0 spiro atoms. The Bertz CT molecular complexity index is 589. The van der Waals surface area contributed by atoms with Gasteiger partial charge in [-0.1, -0.05) is 13.8 Å². The van der Waals surface area contributed by atoms with Gasteiger partial charge in [0.1, 0.15) is 11.6 Å². The molecule has 0 saturated carbocycles. The maximum atomic E-state index is 5.36. The molecule has 0 aliphatic rings. The van der Waals surface area contributed by atoms with Crippen molar-refractivity contribution in [3.63, 3.8) is 0 Å². The van der Waals surface area contributed by atoms with Crippen LogP contribution in [0.5, 0.6) is 0 Å². The third-order valence-corrected chi connectivity index (χ3v) is 3.48. The molecule has 2 aromatic rings. The lowest BCUT2D eigenvalue weighted by Gasteiger charge is -2.19. The molecule has 0 aromatic carbocycles. The number of furan rings is 1.